The Labute approximate surface area is 117 Å². The molecule has 18 heavy (non-hydrogen) atoms. The number of rotatable bonds is 6. The highest BCUT2D eigenvalue weighted by Crippen LogP contribution is 2.15. The van der Waals surface area contributed by atoms with E-state index in [-0.39, 0.29) is 17.4 Å². The summed E-state index contributed by atoms with van der Waals surface area (Å²) in [6, 6.07) is 6.36. The summed E-state index contributed by atoms with van der Waals surface area (Å²) in [5.41, 5.74) is 0. The molecule has 1 rings (SSSR count). The molecule has 2 unspecified atom stereocenters. The summed E-state index contributed by atoms with van der Waals surface area (Å²) in [7, 11) is -3.54. The predicted octanol–water partition coefficient (Wildman–Crippen LogP) is 2.13. The van der Waals surface area contributed by atoms with Crippen LogP contribution in [-0.4, -0.2) is 26.2 Å². The van der Waals surface area contributed by atoms with Crippen LogP contribution in [0.1, 0.15) is 20.3 Å². The van der Waals surface area contributed by atoms with E-state index in [0.717, 1.165) is 10.9 Å². The number of nitrogens with one attached hydrogen (secondary N) is 1. The molecule has 1 aromatic rings. The van der Waals surface area contributed by atoms with E-state index in [1.165, 1.54) is 12.1 Å². The molecule has 0 aliphatic carbocycles. The van der Waals surface area contributed by atoms with Gasteiger partial charge in [-0.2, -0.15) is 0 Å². The van der Waals surface area contributed by atoms with Crippen LogP contribution in [0.4, 0.5) is 0 Å². The molecular weight excluding hydrogens is 318 g/mol. The van der Waals surface area contributed by atoms with Gasteiger partial charge in [-0.1, -0.05) is 36.2 Å². The molecule has 0 heterocycles. The Bertz CT molecular complexity index is 473. The predicted molar refractivity (Wildman–Crippen MR) is 74.8 cm³/mol. The lowest BCUT2D eigenvalue weighted by Crippen LogP contribution is -2.35. The molecule has 0 fully saturated rings. The smallest absolute Gasteiger partial charge is 0.240 e. The molecule has 0 bridgehead atoms. The minimum Gasteiger partial charge on any atom is -0.391 e. The third-order valence-electron chi connectivity index (χ3n) is 2.91. The Kier molecular flexibility index (Phi) is 5.78. The highest BCUT2D eigenvalue weighted by molar-refractivity contribution is 9.10. The molecule has 0 aliphatic heterocycles. The van der Waals surface area contributed by atoms with E-state index >= 15 is 0 Å². The molecule has 0 amide bonds. The number of halogens is 1. The van der Waals surface area contributed by atoms with Crippen LogP contribution in [0.15, 0.2) is 33.6 Å². The lowest BCUT2D eigenvalue weighted by atomic mass is 10.0. The Balaban J connectivity index is 2.68. The van der Waals surface area contributed by atoms with E-state index in [9.17, 15) is 13.5 Å². The van der Waals surface area contributed by atoms with E-state index in [4.69, 9.17) is 0 Å². The van der Waals surface area contributed by atoms with Gasteiger partial charge in [0.15, 0.2) is 0 Å². The molecule has 0 aromatic heterocycles. The Morgan fingerprint density at radius 1 is 1.33 bits per heavy atom. The molecule has 1 aromatic carbocycles. The summed E-state index contributed by atoms with van der Waals surface area (Å²) >= 11 is 3.25. The first-order chi connectivity index (χ1) is 8.36. The largest absolute Gasteiger partial charge is 0.391 e. The second-order valence-electron chi connectivity index (χ2n) is 4.26. The van der Waals surface area contributed by atoms with Gasteiger partial charge in [0.05, 0.1) is 11.0 Å². The molecule has 0 radical (unpaired) electrons. The van der Waals surface area contributed by atoms with Gasteiger partial charge in [-0.3, -0.25) is 0 Å². The molecule has 0 saturated heterocycles. The number of sulfonamides is 1. The number of benzene rings is 1. The van der Waals surface area contributed by atoms with Gasteiger partial charge in [-0.25, -0.2) is 13.1 Å². The summed E-state index contributed by atoms with van der Waals surface area (Å²) in [5, 5.41) is 9.74. The standard InChI is InChI=1S/C12H18BrNO3S/c1-3-9(2)12(15)8-14-18(16,17)11-6-4-10(13)5-7-11/h4-7,9,12,14-15H,3,8H2,1-2H3. The summed E-state index contributed by atoms with van der Waals surface area (Å²) in [4.78, 5) is 0.196. The Morgan fingerprint density at radius 3 is 2.39 bits per heavy atom. The summed E-state index contributed by atoms with van der Waals surface area (Å²) in [5.74, 6) is 0.0672. The third-order valence-corrected chi connectivity index (χ3v) is 4.88. The maximum atomic E-state index is 11.9. The average Bonchev–Trinajstić information content (AvgIpc) is 2.35. The van der Waals surface area contributed by atoms with Crippen molar-refractivity contribution < 1.29 is 13.5 Å². The van der Waals surface area contributed by atoms with Crippen molar-refractivity contribution in [1.82, 2.24) is 4.72 Å². The molecule has 0 saturated carbocycles. The van der Waals surface area contributed by atoms with Gasteiger partial charge >= 0.3 is 0 Å². The fourth-order valence-corrected chi connectivity index (χ4v) is 2.68. The molecule has 0 aliphatic rings. The number of aliphatic hydroxyl groups excluding tert-OH is 1. The second-order valence-corrected chi connectivity index (χ2v) is 6.94. The van der Waals surface area contributed by atoms with Crippen LogP contribution in [0.3, 0.4) is 0 Å². The van der Waals surface area contributed by atoms with Crippen molar-refractivity contribution in [3.63, 3.8) is 0 Å². The zero-order chi connectivity index (χ0) is 13.8. The van der Waals surface area contributed by atoms with E-state index in [1.54, 1.807) is 12.1 Å². The average molecular weight is 336 g/mol. The lowest BCUT2D eigenvalue weighted by molar-refractivity contribution is 0.118. The third kappa shape index (κ3) is 4.35. The molecular formula is C12H18BrNO3S. The molecule has 2 N–H and O–H groups in total. The van der Waals surface area contributed by atoms with Crippen LogP contribution in [0.5, 0.6) is 0 Å². The van der Waals surface area contributed by atoms with Crippen molar-refractivity contribution >= 4 is 26.0 Å². The van der Waals surface area contributed by atoms with Gasteiger partial charge in [0.1, 0.15) is 0 Å². The normalized spacial score (nSPS) is 15.3. The van der Waals surface area contributed by atoms with Crippen molar-refractivity contribution in [3.8, 4) is 0 Å². The first-order valence-corrected chi connectivity index (χ1v) is 8.07. The van der Waals surface area contributed by atoms with Crippen molar-refractivity contribution in [2.45, 2.75) is 31.3 Å². The van der Waals surface area contributed by atoms with E-state index in [1.807, 2.05) is 13.8 Å². The molecule has 4 nitrogen and oxygen atoms in total. The number of hydrogen-bond acceptors (Lipinski definition) is 3. The summed E-state index contributed by atoms with van der Waals surface area (Å²) < 4.78 is 27.1. The quantitative estimate of drug-likeness (QED) is 0.836. The first-order valence-electron chi connectivity index (χ1n) is 5.80. The minimum atomic E-state index is -3.54. The number of hydrogen-bond donors (Lipinski definition) is 2. The van der Waals surface area contributed by atoms with Crippen molar-refractivity contribution in [2.24, 2.45) is 5.92 Å². The van der Waals surface area contributed by atoms with Gasteiger partial charge in [-0.15, -0.1) is 0 Å². The van der Waals surface area contributed by atoms with E-state index < -0.39 is 16.1 Å². The first kappa shape index (κ1) is 15.6. The topological polar surface area (TPSA) is 66.4 Å². The van der Waals surface area contributed by atoms with Crippen LogP contribution < -0.4 is 4.72 Å². The van der Waals surface area contributed by atoms with Crippen LogP contribution >= 0.6 is 15.9 Å². The maximum absolute atomic E-state index is 11.9. The highest BCUT2D eigenvalue weighted by atomic mass is 79.9. The van der Waals surface area contributed by atoms with Gasteiger partial charge in [0.25, 0.3) is 0 Å². The van der Waals surface area contributed by atoms with Crippen LogP contribution in [0, 0.1) is 5.92 Å². The summed E-state index contributed by atoms with van der Waals surface area (Å²) in [6.45, 7) is 3.88. The SMILES string of the molecule is CCC(C)C(O)CNS(=O)(=O)c1ccc(Br)cc1. The molecule has 6 heteroatoms. The maximum Gasteiger partial charge on any atom is 0.240 e. The van der Waals surface area contributed by atoms with Gasteiger partial charge < -0.3 is 5.11 Å². The van der Waals surface area contributed by atoms with Crippen molar-refractivity contribution in [3.05, 3.63) is 28.7 Å². The Hall–Kier alpha value is -0.430. The molecule has 2 atom stereocenters. The zero-order valence-corrected chi connectivity index (χ0v) is 12.8. The van der Waals surface area contributed by atoms with Crippen LogP contribution in [0.25, 0.3) is 0 Å². The van der Waals surface area contributed by atoms with Gasteiger partial charge in [-0.05, 0) is 30.2 Å². The van der Waals surface area contributed by atoms with Crippen molar-refractivity contribution in [1.29, 1.82) is 0 Å². The number of aliphatic hydroxyl groups is 1. The fraction of sp³-hybridized carbons (Fsp3) is 0.500. The van der Waals surface area contributed by atoms with E-state index in [0.29, 0.717) is 0 Å². The summed E-state index contributed by atoms with van der Waals surface area (Å²) in [6.07, 6.45) is 0.140. The zero-order valence-electron chi connectivity index (χ0n) is 10.4. The molecule has 102 valence electrons. The van der Waals surface area contributed by atoms with Crippen LogP contribution in [0.2, 0.25) is 0 Å². The second kappa shape index (κ2) is 6.65. The van der Waals surface area contributed by atoms with Gasteiger partial charge in [0.2, 0.25) is 10.0 Å². The van der Waals surface area contributed by atoms with E-state index in [2.05, 4.69) is 20.7 Å². The van der Waals surface area contributed by atoms with Crippen molar-refractivity contribution in [2.75, 3.05) is 6.54 Å². The lowest BCUT2D eigenvalue weighted by Gasteiger charge is -2.17. The monoisotopic (exact) mass is 335 g/mol. The fourth-order valence-electron chi connectivity index (χ4n) is 1.37. The van der Waals surface area contributed by atoms with Gasteiger partial charge in [0, 0.05) is 11.0 Å². The minimum absolute atomic E-state index is 0.0351. The Morgan fingerprint density at radius 2 is 1.89 bits per heavy atom. The van der Waals surface area contributed by atoms with Crippen LogP contribution in [-0.2, 0) is 10.0 Å². The highest BCUT2D eigenvalue weighted by Gasteiger charge is 2.18. The molecule has 0 spiro atoms.